The first-order valence-electron chi connectivity index (χ1n) is 6.83. The number of fused-ring (bicyclic) bond motifs is 1. The molecule has 1 N–H and O–H groups in total. The van der Waals surface area contributed by atoms with Crippen molar-refractivity contribution in [2.24, 2.45) is 0 Å². The summed E-state index contributed by atoms with van der Waals surface area (Å²) in [6.07, 6.45) is 1.76. The standard InChI is InChI=1S/C15H16N2O4/c18-14(16-6-8-21-9-7-16)10-17-5-4-11-12(15(19)20)2-1-3-13(11)17/h1-5H,6-10H2,(H,19,20). The molecule has 0 bridgehead atoms. The number of carboxylic acid groups (broad SMARTS) is 1. The molecule has 1 aliphatic heterocycles. The Labute approximate surface area is 121 Å². The third-order valence-electron chi connectivity index (χ3n) is 3.71. The number of ether oxygens (including phenoxy) is 1. The fraction of sp³-hybridized carbons (Fsp3) is 0.333. The maximum atomic E-state index is 12.3. The van der Waals surface area contributed by atoms with Crippen LogP contribution in [0.25, 0.3) is 10.9 Å². The first kappa shape index (κ1) is 13.6. The Bertz CT molecular complexity index is 686. The molecule has 1 aromatic carbocycles. The smallest absolute Gasteiger partial charge is 0.336 e. The van der Waals surface area contributed by atoms with Gasteiger partial charge in [0.1, 0.15) is 6.54 Å². The largest absolute Gasteiger partial charge is 0.478 e. The second-order valence-corrected chi connectivity index (χ2v) is 4.98. The fourth-order valence-electron chi connectivity index (χ4n) is 2.61. The summed E-state index contributed by atoms with van der Waals surface area (Å²) in [5, 5.41) is 9.83. The van der Waals surface area contributed by atoms with Gasteiger partial charge in [0.25, 0.3) is 0 Å². The lowest BCUT2D eigenvalue weighted by Crippen LogP contribution is -2.42. The maximum Gasteiger partial charge on any atom is 0.336 e. The van der Waals surface area contributed by atoms with E-state index in [-0.39, 0.29) is 18.0 Å². The van der Waals surface area contributed by atoms with E-state index in [1.807, 2.05) is 6.07 Å². The minimum absolute atomic E-state index is 0.0246. The lowest BCUT2D eigenvalue weighted by Gasteiger charge is -2.27. The molecule has 6 nitrogen and oxygen atoms in total. The summed E-state index contributed by atoms with van der Waals surface area (Å²) in [6.45, 7) is 2.58. The van der Waals surface area contributed by atoms with Gasteiger partial charge in [0, 0.05) is 30.2 Å². The van der Waals surface area contributed by atoms with Gasteiger partial charge in [-0.05, 0) is 18.2 Å². The van der Waals surface area contributed by atoms with E-state index >= 15 is 0 Å². The van der Waals surface area contributed by atoms with Crippen LogP contribution in [0.4, 0.5) is 0 Å². The number of morpholine rings is 1. The van der Waals surface area contributed by atoms with Gasteiger partial charge in [0.05, 0.1) is 18.8 Å². The summed E-state index contributed by atoms with van der Waals surface area (Å²) in [5.41, 5.74) is 1.02. The van der Waals surface area contributed by atoms with Crippen molar-refractivity contribution in [1.29, 1.82) is 0 Å². The predicted octanol–water partition coefficient (Wildman–Crippen LogP) is 1.20. The number of benzene rings is 1. The second kappa shape index (κ2) is 5.57. The van der Waals surface area contributed by atoms with E-state index in [2.05, 4.69) is 0 Å². The van der Waals surface area contributed by atoms with Crippen LogP contribution in [0.3, 0.4) is 0 Å². The summed E-state index contributed by atoms with van der Waals surface area (Å²) in [7, 11) is 0. The van der Waals surface area contributed by atoms with Crippen LogP contribution >= 0.6 is 0 Å². The van der Waals surface area contributed by atoms with Crippen LogP contribution in [0.2, 0.25) is 0 Å². The molecule has 0 spiro atoms. The Morgan fingerprint density at radius 2 is 1.95 bits per heavy atom. The molecule has 1 saturated heterocycles. The zero-order valence-corrected chi connectivity index (χ0v) is 11.5. The normalized spacial score (nSPS) is 15.3. The Morgan fingerprint density at radius 1 is 1.19 bits per heavy atom. The minimum atomic E-state index is -0.960. The molecule has 0 unspecified atom stereocenters. The van der Waals surface area contributed by atoms with E-state index < -0.39 is 5.97 Å². The molecular formula is C15H16N2O4. The Balaban J connectivity index is 1.86. The van der Waals surface area contributed by atoms with E-state index in [0.29, 0.717) is 31.7 Å². The van der Waals surface area contributed by atoms with Crippen molar-refractivity contribution < 1.29 is 19.4 Å². The molecule has 0 atom stereocenters. The SMILES string of the molecule is O=C(O)c1cccc2c1ccn2CC(=O)N1CCOCC1. The van der Waals surface area contributed by atoms with Crippen molar-refractivity contribution in [3.8, 4) is 0 Å². The number of aromatic carboxylic acids is 1. The highest BCUT2D eigenvalue weighted by atomic mass is 16.5. The molecule has 2 aromatic rings. The van der Waals surface area contributed by atoms with Gasteiger partial charge in [-0.2, -0.15) is 0 Å². The zero-order chi connectivity index (χ0) is 14.8. The zero-order valence-electron chi connectivity index (χ0n) is 11.5. The third-order valence-corrected chi connectivity index (χ3v) is 3.71. The van der Waals surface area contributed by atoms with Gasteiger partial charge in [0.2, 0.25) is 5.91 Å². The van der Waals surface area contributed by atoms with E-state index in [1.165, 1.54) is 0 Å². The number of carbonyl (C=O) groups is 2. The number of hydrogen-bond acceptors (Lipinski definition) is 3. The van der Waals surface area contributed by atoms with Crippen LogP contribution in [0.15, 0.2) is 30.5 Å². The number of carboxylic acids is 1. The van der Waals surface area contributed by atoms with Crippen molar-refractivity contribution in [2.75, 3.05) is 26.3 Å². The van der Waals surface area contributed by atoms with Gasteiger partial charge in [0.15, 0.2) is 0 Å². The van der Waals surface area contributed by atoms with Gasteiger partial charge in [-0.25, -0.2) is 4.79 Å². The highest BCUT2D eigenvalue weighted by Gasteiger charge is 2.18. The first-order chi connectivity index (χ1) is 10.2. The summed E-state index contributed by atoms with van der Waals surface area (Å²) in [5.74, 6) is -0.936. The molecule has 21 heavy (non-hydrogen) atoms. The number of rotatable bonds is 3. The van der Waals surface area contributed by atoms with Crippen LogP contribution in [-0.4, -0.2) is 52.8 Å². The quantitative estimate of drug-likeness (QED) is 0.921. The van der Waals surface area contributed by atoms with Crippen molar-refractivity contribution in [1.82, 2.24) is 9.47 Å². The molecule has 6 heteroatoms. The molecular weight excluding hydrogens is 272 g/mol. The number of aromatic nitrogens is 1. The highest BCUT2D eigenvalue weighted by Crippen LogP contribution is 2.20. The molecule has 1 fully saturated rings. The second-order valence-electron chi connectivity index (χ2n) is 4.98. The topological polar surface area (TPSA) is 71.8 Å². The summed E-state index contributed by atoms with van der Waals surface area (Å²) in [6, 6.07) is 6.83. The van der Waals surface area contributed by atoms with Gasteiger partial charge < -0.3 is 19.3 Å². The van der Waals surface area contributed by atoms with Crippen molar-refractivity contribution >= 4 is 22.8 Å². The van der Waals surface area contributed by atoms with Crippen LogP contribution in [0.1, 0.15) is 10.4 Å². The molecule has 110 valence electrons. The number of hydrogen-bond donors (Lipinski definition) is 1. The fourth-order valence-corrected chi connectivity index (χ4v) is 2.61. The van der Waals surface area contributed by atoms with E-state index in [1.54, 1.807) is 33.9 Å². The lowest BCUT2D eigenvalue weighted by atomic mass is 10.1. The highest BCUT2D eigenvalue weighted by molar-refractivity contribution is 6.03. The minimum Gasteiger partial charge on any atom is -0.478 e. The average molecular weight is 288 g/mol. The number of nitrogens with zero attached hydrogens (tertiary/aromatic N) is 2. The molecule has 1 aromatic heterocycles. The molecule has 0 saturated carbocycles. The molecule has 2 heterocycles. The number of amides is 1. The van der Waals surface area contributed by atoms with Crippen LogP contribution in [0, 0.1) is 0 Å². The van der Waals surface area contributed by atoms with E-state index in [9.17, 15) is 14.7 Å². The number of carbonyl (C=O) groups excluding carboxylic acids is 1. The van der Waals surface area contributed by atoms with Gasteiger partial charge >= 0.3 is 5.97 Å². The lowest BCUT2D eigenvalue weighted by molar-refractivity contribution is -0.135. The van der Waals surface area contributed by atoms with E-state index in [4.69, 9.17) is 4.74 Å². The predicted molar refractivity (Wildman–Crippen MR) is 76.3 cm³/mol. The Kier molecular flexibility index (Phi) is 3.62. The van der Waals surface area contributed by atoms with Crippen molar-refractivity contribution in [3.63, 3.8) is 0 Å². The average Bonchev–Trinajstić information content (AvgIpc) is 2.91. The van der Waals surface area contributed by atoms with Crippen molar-refractivity contribution in [3.05, 3.63) is 36.0 Å². The van der Waals surface area contributed by atoms with Gasteiger partial charge in [-0.3, -0.25) is 4.79 Å². The molecule has 0 aliphatic carbocycles. The monoisotopic (exact) mass is 288 g/mol. The van der Waals surface area contributed by atoms with Gasteiger partial charge in [-0.15, -0.1) is 0 Å². The molecule has 0 radical (unpaired) electrons. The van der Waals surface area contributed by atoms with Crippen molar-refractivity contribution in [2.45, 2.75) is 6.54 Å². The Morgan fingerprint density at radius 3 is 2.67 bits per heavy atom. The Hall–Kier alpha value is -2.34. The first-order valence-corrected chi connectivity index (χ1v) is 6.83. The van der Waals surface area contributed by atoms with Crippen LogP contribution < -0.4 is 0 Å². The summed E-state index contributed by atoms with van der Waals surface area (Å²) in [4.78, 5) is 25.2. The summed E-state index contributed by atoms with van der Waals surface area (Å²) < 4.78 is 7.02. The molecule has 1 amide bonds. The molecule has 1 aliphatic rings. The summed E-state index contributed by atoms with van der Waals surface area (Å²) >= 11 is 0. The maximum absolute atomic E-state index is 12.3. The van der Waals surface area contributed by atoms with Gasteiger partial charge in [-0.1, -0.05) is 6.07 Å². The van der Waals surface area contributed by atoms with E-state index in [0.717, 1.165) is 5.52 Å². The van der Waals surface area contributed by atoms with Crippen LogP contribution in [0.5, 0.6) is 0 Å². The third kappa shape index (κ3) is 2.62. The molecule has 3 rings (SSSR count). The van der Waals surface area contributed by atoms with Crippen LogP contribution in [-0.2, 0) is 16.1 Å².